The number of hydrogen-bond acceptors (Lipinski definition) is 2. The van der Waals surface area contributed by atoms with E-state index in [0.29, 0.717) is 0 Å². The van der Waals surface area contributed by atoms with Crippen LogP contribution in [0.2, 0.25) is 0 Å². The summed E-state index contributed by atoms with van der Waals surface area (Å²) < 4.78 is 0. The van der Waals surface area contributed by atoms with E-state index in [0.717, 1.165) is 39.3 Å². The van der Waals surface area contributed by atoms with Gasteiger partial charge in [0, 0.05) is 27.5 Å². The van der Waals surface area contributed by atoms with Crippen LogP contribution in [0.3, 0.4) is 0 Å². The van der Waals surface area contributed by atoms with Crippen LogP contribution in [-0.4, -0.2) is 9.97 Å². The maximum Gasteiger partial charge on any atom is 0.160 e. The average molecular weight is 793 g/mol. The lowest BCUT2D eigenvalue weighted by atomic mass is 9.80. The summed E-state index contributed by atoms with van der Waals surface area (Å²) in [6, 6.07) is 71.0. The Morgan fingerprint density at radius 1 is 0.323 bits per heavy atom. The van der Waals surface area contributed by atoms with E-state index in [4.69, 9.17) is 9.97 Å². The zero-order valence-corrected chi connectivity index (χ0v) is 35.4. The van der Waals surface area contributed by atoms with E-state index in [9.17, 15) is 0 Å². The molecule has 1 aromatic heterocycles. The van der Waals surface area contributed by atoms with Gasteiger partial charge in [0.1, 0.15) is 0 Å². The summed E-state index contributed by atoms with van der Waals surface area (Å²) in [6.45, 7) is 9.40. The fraction of sp³-hybridized carbons (Fsp3) is 0.100. The molecule has 2 aliphatic rings. The molecule has 0 N–H and O–H groups in total. The van der Waals surface area contributed by atoms with Gasteiger partial charge in [0.05, 0.1) is 11.4 Å². The predicted molar refractivity (Wildman–Crippen MR) is 259 cm³/mol. The van der Waals surface area contributed by atoms with Crippen LogP contribution in [0, 0.1) is 0 Å². The van der Waals surface area contributed by atoms with E-state index in [-0.39, 0.29) is 10.8 Å². The molecule has 62 heavy (non-hydrogen) atoms. The van der Waals surface area contributed by atoms with Crippen molar-refractivity contribution in [2.75, 3.05) is 0 Å². The Kier molecular flexibility index (Phi) is 7.96. The number of nitrogens with zero attached hydrogens (tertiary/aromatic N) is 2. The summed E-state index contributed by atoms with van der Waals surface area (Å²) in [5.74, 6) is 0.719. The number of fused-ring (bicyclic) bond motifs is 9. The Morgan fingerprint density at radius 3 is 1.71 bits per heavy atom. The molecule has 2 aliphatic carbocycles. The van der Waals surface area contributed by atoms with E-state index in [1.54, 1.807) is 0 Å². The van der Waals surface area contributed by atoms with Gasteiger partial charge in [0.2, 0.25) is 0 Å². The van der Waals surface area contributed by atoms with Gasteiger partial charge in [-0.3, -0.25) is 0 Å². The van der Waals surface area contributed by atoms with Crippen LogP contribution >= 0.6 is 0 Å². The Hall–Kier alpha value is -7.42. The topological polar surface area (TPSA) is 25.8 Å². The van der Waals surface area contributed by atoms with Crippen LogP contribution in [0.25, 0.3) is 100.0 Å². The zero-order chi connectivity index (χ0) is 41.7. The lowest BCUT2D eigenvalue weighted by Crippen LogP contribution is -2.15. The Morgan fingerprint density at radius 2 is 0.903 bits per heavy atom. The fourth-order valence-corrected chi connectivity index (χ4v) is 10.8. The van der Waals surface area contributed by atoms with E-state index in [1.807, 2.05) is 6.07 Å². The first kappa shape index (κ1) is 36.4. The lowest BCUT2D eigenvalue weighted by molar-refractivity contribution is 0.660. The van der Waals surface area contributed by atoms with Gasteiger partial charge in [-0.15, -0.1) is 0 Å². The van der Waals surface area contributed by atoms with Gasteiger partial charge in [-0.2, -0.15) is 0 Å². The van der Waals surface area contributed by atoms with Crippen molar-refractivity contribution in [1.29, 1.82) is 0 Å². The van der Waals surface area contributed by atoms with Crippen molar-refractivity contribution in [2.45, 2.75) is 38.5 Å². The molecule has 0 unspecified atom stereocenters. The molecule has 0 saturated heterocycles. The Bertz CT molecular complexity index is 3450. The highest BCUT2D eigenvalue weighted by Gasteiger charge is 2.38. The first-order chi connectivity index (χ1) is 30.3. The van der Waals surface area contributed by atoms with E-state index >= 15 is 0 Å². The minimum atomic E-state index is -0.107. The summed E-state index contributed by atoms with van der Waals surface area (Å²) in [7, 11) is 0. The molecule has 0 amide bonds. The maximum atomic E-state index is 5.32. The second-order valence-corrected chi connectivity index (χ2v) is 18.1. The maximum absolute atomic E-state index is 5.32. The molecule has 0 fully saturated rings. The van der Waals surface area contributed by atoms with E-state index in [2.05, 4.69) is 216 Å². The molecule has 2 nitrogen and oxygen atoms in total. The van der Waals surface area contributed by atoms with Crippen LogP contribution in [0.15, 0.2) is 194 Å². The van der Waals surface area contributed by atoms with Crippen LogP contribution in [-0.2, 0) is 10.8 Å². The van der Waals surface area contributed by atoms with Crippen molar-refractivity contribution in [2.24, 2.45) is 0 Å². The molecule has 0 atom stereocenters. The van der Waals surface area contributed by atoms with Crippen molar-refractivity contribution in [3.63, 3.8) is 0 Å². The molecule has 1 heterocycles. The molecular weight excluding hydrogens is 749 g/mol. The first-order valence-electron chi connectivity index (χ1n) is 21.7. The summed E-state index contributed by atoms with van der Waals surface area (Å²) >= 11 is 0. The third-order valence-electron chi connectivity index (χ3n) is 13.9. The van der Waals surface area contributed by atoms with Gasteiger partial charge in [-0.05, 0) is 100 Å². The lowest BCUT2D eigenvalue weighted by Gasteiger charge is -2.23. The molecule has 10 aromatic rings. The van der Waals surface area contributed by atoms with Gasteiger partial charge in [-0.1, -0.05) is 210 Å². The summed E-state index contributed by atoms with van der Waals surface area (Å²) in [6.07, 6.45) is 0. The molecule has 294 valence electrons. The van der Waals surface area contributed by atoms with Crippen molar-refractivity contribution in [3.8, 4) is 78.4 Å². The van der Waals surface area contributed by atoms with Crippen molar-refractivity contribution in [1.82, 2.24) is 9.97 Å². The second kappa shape index (κ2) is 13.5. The van der Waals surface area contributed by atoms with Crippen LogP contribution in [0.1, 0.15) is 49.9 Å². The smallest absolute Gasteiger partial charge is 0.160 e. The SMILES string of the molecule is CC1(C)c2ccccc2-c2c(-c3cc(-c4ccc(-c5ccc(-c6ccc7c(c6)-c6ccc8ccccc8c6C7(C)C)cc5)c5ccccc45)nc(-c4ccccc4)n3)cccc21. The Labute approximate surface area is 363 Å². The molecular formula is C60H44N2. The second-order valence-electron chi connectivity index (χ2n) is 18.1. The molecule has 0 bridgehead atoms. The molecule has 12 rings (SSSR count). The highest BCUT2D eigenvalue weighted by Crippen LogP contribution is 2.54. The fourth-order valence-electron chi connectivity index (χ4n) is 10.8. The quantitative estimate of drug-likeness (QED) is 0.173. The molecule has 0 aliphatic heterocycles. The molecule has 2 heteroatoms. The summed E-state index contributed by atoms with van der Waals surface area (Å²) in [5.41, 5.74) is 20.4. The van der Waals surface area contributed by atoms with Gasteiger partial charge in [0.15, 0.2) is 5.82 Å². The van der Waals surface area contributed by atoms with Crippen molar-refractivity contribution >= 4 is 21.5 Å². The van der Waals surface area contributed by atoms with Crippen LogP contribution in [0.4, 0.5) is 0 Å². The molecule has 0 saturated carbocycles. The largest absolute Gasteiger partial charge is 0.228 e. The predicted octanol–water partition coefficient (Wildman–Crippen LogP) is 15.7. The highest BCUT2D eigenvalue weighted by molar-refractivity contribution is 6.05. The number of rotatable bonds is 5. The molecule has 0 spiro atoms. The average Bonchev–Trinajstić information content (AvgIpc) is 3.70. The normalized spacial score (nSPS) is 14.1. The van der Waals surface area contributed by atoms with E-state index in [1.165, 1.54) is 82.9 Å². The van der Waals surface area contributed by atoms with Crippen LogP contribution in [0.5, 0.6) is 0 Å². The van der Waals surface area contributed by atoms with Gasteiger partial charge >= 0.3 is 0 Å². The minimum absolute atomic E-state index is 0.0669. The van der Waals surface area contributed by atoms with Gasteiger partial charge in [-0.25, -0.2) is 9.97 Å². The van der Waals surface area contributed by atoms with Crippen molar-refractivity contribution < 1.29 is 0 Å². The monoisotopic (exact) mass is 792 g/mol. The standard InChI is InChI=1S/C60H44N2/c1-59(2)51-23-13-12-21-48(51)56-49(22-14-24-53(56)59)55-36-54(61-58(62-55)40-16-6-5-7-17-40)46-33-32-42(44-19-10-11-20-45(44)46)39-27-25-37(26-28-39)41-30-34-52-50(35-41)47-31-29-38-15-8-9-18-43(38)57(47)60(52,3)4/h5-36H,1-4H3. The van der Waals surface area contributed by atoms with Crippen molar-refractivity contribution in [3.05, 3.63) is 216 Å². The highest BCUT2D eigenvalue weighted by atomic mass is 14.9. The summed E-state index contributed by atoms with van der Waals surface area (Å²) in [4.78, 5) is 10.6. The third kappa shape index (κ3) is 5.43. The van der Waals surface area contributed by atoms with E-state index < -0.39 is 0 Å². The first-order valence-corrected chi connectivity index (χ1v) is 21.7. The molecule has 0 radical (unpaired) electrons. The number of hydrogen-bond donors (Lipinski definition) is 0. The zero-order valence-electron chi connectivity index (χ0n) is 35.4. The van der Waals surface area contributed by atoms with Crippen LogP contribution < -0.4 is 0 Å². The van der Waals surface area contributed by atoms with Gasteiger partial charge < -0.3 is 0 Å². The number of benzene rings is 9. The molecule has 9 aromatic carbocycles. The van der Waals surface area contributed by atoms with Gasteiger partial charge in [0.25, 0.3) is 0 Å². The Balaban J connectivity index is 0.952. The summed E-state index contributed by atoms with van der Waals surface area (Å²) in [5, 5.41) is 5.00. The third-order valence-corrected chi connectivity index (χ3v) is 13.9. The minimum Gasteiger partial charge on any atom is -0.228 e. The number of aromatic nitrogens is 2.